The zero-order valence-electron chi connectivity index (χ0n) is 18.0. The molecule has 2 saturated heterocycles. The minimum atomic E-state index is 0.0463. The molecule has 7 heteroatoms. The van der Waals surface area contributed by atoms with Crippen LogP contribution in [-0.2, 0) is 11.3 Å². The standard InChI is InChI=1S/C23H33N5O2/c1-18-7-9-19(10-8-18)22-25-21(30-26-22)17-28-14-4-6-20(16-28)23(29)24-11-5-15-27-12-2-3-13-27/h7-10,20H,2-6,11-17H2,1H3,(H,24,29). The van der Waals surface area contributed by atoms with Crippen LogP contribution in [0.3, 0.4) is 0 Å². The van der Waals surface area contributed by atoms with Gasteiger partial charge in [-0.3, -0.25) is 9.69 Å². The summed E-state index contributed by atoms with van der Waals surface area (Å²) in [4.78, 5) is 21.9. The molecule has 2 aliphatic rings. The first-order valence-corrected chi connectivity index (χ1v) is 11.3. The number of carbonyl (C=O) groups is 1. The number of amides is 1. The Kier molecular flexibility index (Phi) is 7.12. The minimum Gasteiger partial charge on any atom is -0.356 e. The maximum Gasteiger partial charge on any atom is 0.241 e. The fourth-order valence-corrected chi connectivity index (χ4v) is 4.41. The Morgan fingerprint density at radius 2 is 1.90 bits per heavy atom. The molecule has 1 aromatic carbocycles. The van der Waals surface area contributed by atoms with Crippen molar-refractivity contribution in [3.05, 3.63) is 35.7 Å². The summed E-state index contributed by atoms with van der Waals surface area (Å²) in [6, 6.07) is 8.11. The molecule has 1 N–H and O–H groups in total. The number of likely N-dealkylation sites (tertiary alicyclic amines) is 2. The van der Waals surface area contributed by atoms with E-state index in [-0.39, 0.29) is 11.8 Å². The summed E-state index contributed by atoms with van der Waals surface area (Å²) in [5.41, 5.74) is 2.16. The SMILES string of the molecule is Cc1ccc(-c2noc(CN3CCCC(C(=O)NCCCN4CCCC4)C3)n2)cc1. The highest BCUT2D eigenvalue weighted by Crippen LogP contribution is 2.20. The van der Waals surface area contributed by atoms with Crippen molar-refractivity contribution in [1.82, 2.24) is 25.3 Å². The molecule has 0 radical (unpaired) electrons. The van der Waals surface area contributed by atoms with E-state index >= 15 is 0 Å². The summed E-state index contributed by atoms with van der Waals surface area (Å²) < 4.78 is 5.47. The molecule has 0 spiro atoms. The van der Waals surface area contributed by atoms with Gasteiger partial charge in [0.1, 0.15) is 0 Å². The van der Waals surface area contributed by atoms with Crippen LogP contribution >= 0.6 is 0 Å². The molecule has 2 aromatic rings. The molecule has 1 amide bonds. The highest BCUT2D eigenvalue weighted by Gasteiger charge is 2.26. The van der Waals surface area contributed by atoms with Crippen LogP contribution in [-0.4, -0.2) is 65.1 Å². The van der Waals surface area contributed by atoms with Gasteiger partial charge in [0.2, 0.25) is 17.6 Å². The molecule has 0 bridgehead atoms. The number of hydrogen-bond acceptors (Lipinski definition) is 6. The molecular weight excluding hydrogens is 378 g/mol. The quantitative estimate of drug-likeness (QED) is 0.674. The van der Waals surface area contributed by atoms with E-state index < -0.39 is 0 Å². The van der Waals surface area contributed by atoms with Crippen molar-refractivity contribution in [2.75, 3.05) is 39.3 Å². The highest BCUT2D eigenvalue weighted by molar-refractivity contribution is 5.78. The van der Waals surface area contributed by atoms with Crippen LogP contribution in [0.1, 0.15) is 43.6 Å². The summed E-state index contributed by atoms with van der Waals surface area (Å²) in [5, 5.41) is 7.27. The number of rotatable bonds is 8. The van der Waals surface area contributed by atoms with E-state index in [1.807, 2.05) is 24.3 Å². The molecule has 1 aromatic heterocycles. The number of hydrogen-bond donors (Lipinski definition) is 1. The molecule has 0 aliphatic carbocycles. The second-order valence-electron chi connectivity index (χ2n) is 8.65. The van der Waals surface area contributed by atoms with Crippen LogP contribution in [0.25, 0.3) is 11.4 Å². The van der Waals surface area contributed by atoms with Crippen LogP contribution in [0.5, 0.6) is 0 Å². The zero-order chi connectivity index (χ0) is 20.8. The van der Waals surface area contributed by atoms with Gasteiger partial charge < -0.3 is 14.7 Å². The Bertz CT molecular complexity index is 813. The average molecular weight is 412 g/mol. The normalized spacial score (nSPS) is 20.5. The molecule has 0 saturated carbocycles. The maximum atomic E-state index is 12.6. The van der Waals surface area contributed by atoms with Crippen molar-refractivity contribution in [1.29, 1.82) is 0 Å². The van der Waals surface area contributed by atoms with Crippen molar-refractivity contribution >= 4 is 5.91 Å². The van der Waals surface area contributed by atoms with Crippen molar-refractivity contribution in [2.45, 2.75) is 45.6 Å². The topological polar surface area (TPSA) is 74.5 Å². The number of piperidine rings is 1. The molecule has 162 valence electrons. The van der Waals surface area contributed by atoms with Crippen molar-refractivity contribution in [3.8, 4) is 11.4 Å². The van der Waals surface area contributed by atoms with E-state index in [1.165, 1.54) is 31.5 Å². The van der Waals surface area contributed by atoms with Gasteiger partial charge in [-0.05, 0) is 65.2 Å². The third kappa shape index (κ3) is 5.67. The summed E-state index contributed by atoms with van der Waals surface area (Å²) in [5.74, 6) is 1.46. The number of aryl methyl sites for hydroxylation is 1. The molecule has 2 aliphatic heterocycles. The molecule has 1 atom stereocenters. The largest absolute Gasteiger partial charge is 0.356 e. The van der Waals surface area contributed by atoms with E-state index in [9.17, 15) is 4.79 Å². The van der Waals surface area contributed by atoms with Crippen LogP contribution < -0.4 is 5.32 Å². The maximum absolute atomic E-state index is 12.6. The van der Waals surface area contributed by atoms with Crippen molar-refractivity contribution < 1.29 is 9.32 Å². The van der Waals surface area contributed by atoms with Gasteiger partial charge in [-0.2, -0.15) is 4.98 Å². The van der Waals surface area contributed by atoms with E-state index in [2.05, 4.69) is 32.2 Å². The molecule has 1 unspecified atom stereocenters. The Hall–Kier alpha value is -2.25. The van der Waals surface area contributed by atoms with Gasteiger partial charge in [0.05, 0.1) is 12.5 Å². The number of carbonyl (C=O) groups excluding carboxylic acids is 1. The number of nitrogens with zero attached hydrogens (tertiary/aromatic N) is 4. The van der Waals surface area contributed by atoms with E-state index in [0.29, 0.717) is 18.3 Å². The van der Waals surface area contributed by atoms with Crippen LogP contribution in [0, 0.1) is 12.8 Å². The van der Waals surface area contributed by atoms with Gasteiger partial charge >= 0.3 is 0 Å². The first-order chi connectivity index (χ1) is 14.7. The third-order valence-electron chi connectivity index (χ3n) is 6.16. The van der Waals surface area contributed by atoms with Gasteiger partial charge in [0.15, 0.2) is 0 Å². The zero-order valence-corrected chi connectivity index (χ0v) is 18.0. The summed E-state index contributed by atoms with van der Waals surface area (Å²) >= 11 is 0. The monoisotopic (exact) mass is 411 g/mol. The Balaban J connectivity index is 1.22. The average Bonchev–Trinajstić information content (AvgIpc) is 3.44. The lowest BCUT2D eigenvalue weighted by Crippen LogP contribution is -2.43. The lowest BCUT2D eigenvalue weighted by Gasteiger charge is -2.30. The number of nitrogens with one attached hydrogen (secondary N) is 1. The molecule has 30 heavy (non-hydrogen) atoms. The molecule has 3 heterocycles. The minimum absolute atomic E-state index is 0.0463. The number of benzene rings is 1. The summed E-state index contributed by atoms with van der Waals surface area (Å²) in [6.07, 6.45) is 5.64. The second kappa shape index (κ2) is 10.2. The smallest absolute Gasteiger partial charge is 0.241 e. The van der Waals surface area contributed by atoms with Gasteiger partial charge in [0, 0.05) is 18.7 Å². The Morgan fingerprint density at radius 3 is 2.70 bits per heavy atom. The number of aromatic nitrogens is 2. The fourth-order valence-electron chi connectivity index (χ4n) is 4.41. The van der Waals surface area contributed by atoms with Crippen LogP contribution in [0.4, 0.5) is 0 Å². The van der Waals surface area contributed by atoms with E-state index in [1.54, 1.807) is 0 Å². The third-order valence-corrected chi connectivity index (χ3v) is 6.16. The molecule has 7 nitrogen and oxygen atoms in total. The summed E-state index contributed by atoms with van der Waals surface area (Å²) in [6.45, 7) is 8.66. The van der Waals surface area contributed by atoms with Crippen molar-refractivity contribution in [3.63, 3.8) is 0 Å². The Morgan fingerprint density at radius 1 is 1.13 bits per heavy atom. The fraction of sp³-hybridized carbons (Fsp3) is 0.609. The van der Waals surface area contributed by atoms with Gasteiger partial charge in [0.25, 0.3) is 0 Å². The lowest BCUT2D eigenvalue weighted by atomic mass is 9.97. The molecule has 4 rings (SSSR count). The first-order valence-electron chi connectivity index (χ1n) is 11.3. The van der Waals surface area contributed by atoms with Gasteiger partial charge in [-0.1, -0.05) is 35.0 Å². The lowest BCUT2D eigenvalue weighted by molar-refractivity contribution is -0.126. The molecule has 2 fully saturated rings. The second-order valence-corrected chi connectivity index (χ2v) is 8.65. The van der Waals surface area contributed by atoms with Crippen molar-refractivity contribution in [2.24, 2.45) is 5.92 Å². The van der Waals surface area contributed by atoms with Crippen LogP contribution in [0.15, 0.2) is 28.8 Å². The van der Waals surface area contributed by atoms with Gasteiger partial charge in [-0.25, -0.2) is 0 Å². The first kappa shape index (κ1) is 21.0. The molecular formula is C23H33N5O2. The predicted octanol–water partition coefficient (Wildman–Crippen LogP) is 2.86. The predicted molar refractivity (Wildman–Crippen MR) is 116 cm³/mol. The van der Waals surface area contributed by atoms with Gasteiger partial charge in [-0.15, -0.1) is 0 Å². The van der Waals surface area contributed by atoms with Crippen LogP contribution in [0.2, 0.25) is 0 Å². The van der Waals surface area contributed by atoms with E-state index in [4.69, 9.17) is 4.52 Å². The Labute approximate surface area is 178 Å². The van der Waals surface area contributed by atoms with E-state index in [0.717, 1.165) is 51.0 Å². The highest BCUT2D eigenvalue weighted by atomic mass is 16.5. The summed E-state index contributed by atoms with van der Waals surface area (Å²) in [7, 11) is 0.